The van der Waals surface area contributed by atoms with Crippen LogP contribution >= 0.6 is 0 Å². The van der Waals surface area contributed by atoms with E-state index in [4.69, 9.17) is 4.74 Å². The Morgan fingerprint density at radius 3 is 2.57 bits per heavy atom. The number of ether oxygens (including phenoxy) is 1. The maximum absolute atomic E-state index is 16.0. The summed E-state index contributed by atoms with van der Waals surface area (Å²) < 4.78 is 22.6. The summed E-state index contributed by atoms with van der Waals surface area (Å²) in [7, 11) is -3.37. The number of amides is 2. The molecule has 0 unspecified atom stereocenters. The number of fused-ring (bicyclic) bond motifs is 3. The maximum atomic E-state index is 16.0. The average molecular weight is 523 g/mol. The Balaban J connectivity index is 1.49. The molecule has 2 aromatic carbocycles. The quantitative estimate of drug-likeness (QED) is 0.348. The van der Waals surface area contributed by atoms with Gasteiger partial charge in [-0.25, -0.2) is 0 Å². The van der Waals surface area contributed by atoms with Crippen LogP contribution in [0.1, 0.15) is 30.0 Å². The first-order chi connectivity index (χ1) is 17.6. The zero-order chi connectivity index (χ0) is 26.5. The second-order valence-corrected chi connectivity index (χ2v) is 14.8. The Hall–Kier alpha value is -2.81. The third-order valence-corrected chi connectivity index (χ3v) is 10.9. The van der Waals surface area contributed by atoms with Crippen LogP contribution in [0, 0.1) is 5.92 Å². The number of nitrogens with zero attached hydrogens (tertiary/aromatic N) is 2. The highest BCUT2D eigenvalue weighted by atomic mass is 28.4. The van der Waals surface area contributed by atoms with E-state index < -0.39 is 31.6 Å². The average Bonchev–Trinajstić information content (AvgIpc) is 3.30. The molecular formula is C29H35FN2O4Si. The van der Waals surface area contributed by atoms with E-state index in [2.05, 4.69) is 6.58 Å². The first kappa shape index (κ1) is 25.8. The molecule has 3 aliphatic heterocycles. The van der Waals surface area contributed by atoms with Crippen LogP contribution in [0.25, 0.3) is 0 Å². The van der Waals surface area contributed by atoms with E-state index in [1.54, 1.807) is 29.0 Å². The third kappa shape index (κ3) is 4.06. The second kappa shape index (κ2) is 9.49. The number of anilines is 1. The van der Waals surface area contributed by atoms with E-state index >= 15 is 4.11 Å². The Morgan fingerprint density at radius 1 is 1.22 bits per heavy atom. The fourth-order valence-corrected chi connectivity index (χ4v) is 9.34. The zero-order valence-corrected chi connectivity index (χ0v) is 22.7. The highest BCUT2D eigenvalue weighted by Gasteiger charge is 2.66. The van der Waals surface area contributed by atoms with Crippen molar-refractivity contribution >= 4 is 25.9 Å². The predicted molar refractivity (Wildman–Crippen MR) is 143 cm³/mol. The van der Waals surface area contributed by atoms with Crippen LogP contribution in [-0.2, 0) is 32.9 Å². The predicted octanol–water partition coefficient (Wildman–Crippen LogP) is 4.33. The minimum atomic E-state index is -3.37. The molecule has 1 spiro atoms. The van der Waals surface area contributed by atoms with Crippen LogP contribution in [0.5, 0.6) is 0 Å². The summed E-state index contributed by atoms with van der Waals surface area (Å²) in [6.45, 7) is 9.52. The third-order valence-electron chi connectivity index (χ3n) is 8.44. The lowest BCUT2D eigenvalue weighted by Gasteiger charge is -2.37. The summed E-state index contributed by atoms with van der Waals surface area (Å²) in [6.07, 6.45) is 1.46. The van der Waals surface area contributed by atoms with Gasteiger partial charge in [0.25, 0.3) is 5.91 Å². The summed E-state index contributed by atoms with van der Waals surface area (Å²) in [4.78, 5) is 31.0. The van der Waals surface area contributed by atoms with Gasteiger partial charge in [0.1, 0.15) is 0 Å². The van der Waals surface area contributed by atoms with Crippen molar-refractivity contribution < 1.29 is 23.5 Å². The molecule has 1 saturated heterocycles. The van der Waals surface area contributed by atoms with Gasteiger partial charge in [-0.3, -0.25) is 9.59 Å². The molecule has 0 saturated carbocycles. The lowest BCUT2D eigenvalue weighted by molar-refractivity contribution is -0.150. The molecule has 0 aliphatic carbocycles. The van der Waals surface area contributed by atoms with Crippen LogP contribution in [0.4, 0.5) is 9.80 Å². The summed E-state index contributed by atoms with van der Waals surface area (Å²) in [5.74, 6) is -0.858. The SMILES string of the molecule is C=CCN1C(=O)[C@@]2(O[C@@H](CC(=O)N3Cc4ccccc4C[C@H]3CO)[C@H]([Si](C)(C)F)[C@H]2C)c2ccccc21. The molecule has 3 aliphatic rings. The second-order valence-electron chi connectivity index (χ2n) is 11.0. The Kier molecular flexibility index (Phi) is 6.62. The number of carbonyl (C=O) groups is 2. The highest BCUT2D eigenvalue weighted by Crippen LogP contribution is 2.60. The van der Waals surface area contributed by atoms with Gasteiger partial charge in [0.15, 0.2) is 5.60 Å². The van der Waals surface area contributed by atoms with Crippen molar-refractivity contribution in [3.8, 4) is 0 Å². The van der Waals surface area contributed by atoms with Gasteiger partial charge < -0.3 is 23.8 Å². The molecule has 8 heteroatoms. The van der Waals surface area contributed by atoms with Crippen molar-refractivity contribution in [2.24, 2.45) is 5.92 Å². The number of hydrogen-bond acceptors (Lipinski definition) is 4. The van der Waals surface area contributed by atoms with Gasteiger partial charge in [0.05, 0.1) is 30.9 Å². The van der Waals surface area contributed by atoms with Crippen LogP contribution in [0.15, 0.2) is 61.2 Å². The Morgan fingerprint density at radius 2 is 1.89 bits per heavy atom. The topological polar surface area (TPSA) is 70.1 Å². The zero-order valence-electron chi connectivity index (χ0n) is 21.7. The lowest BCUT2D eigenvalue weighted by Crippen LogP contribution is -2.48. The fraction of sp³-hybridized carbons (Fsp3) is 0.448. The summed E-state index contributed by atoms with van der Waals surface area (Å²) in [5, 5.41) is 10.1. The van der Waals surface area contributed by atoms with Crippen LogP contribution in [-0.4, -0.2) is 55.5 Å². The number of benzene rings is 2. The molecule has 1 fully saturated rings. The molecule has 6 nitrogen and oxygen atoms in total. The lowest BCUT2D eigenvalue weighted by atomic mass is 9.82. The molecule has 5 rings (SSSR count). The van der Waals surface area contributed by atoms with Crippen LogP contribution < -0.4 is 4.90 Å². The molecule has 1 N–H and O–H groups in total. The largest absolute Gasteiger partial charge is 0.394 e. The molecule has 0 radical (unpaired) electrons. The van der Waals surface area contributed by atoms with Gasteiger partial charge in [-0.05, 0) is 36.7 Å². The molecule has 0 bridgehead atoms. The molecule has 0 aromatic heterocycles. The molecule has 2 amide bonds. The monoisotopic (exact) mass is 522 g/mol. The Bertz CT molecular complexity index is 1230. The van der Waals surface area contributed by atoms with Crippen molar-refractivity contribution in [3.05, 3.63) is 77.9 Å². The fourth-order valence-electron chi connectivity index (χ4n) is 6.84. The van der Waals surface area contributed by atoms with Crippen molar-refractivity contribution in [3.63, 3.8) is 0 Å². The van der Waals surface area contributed by atoms with Gasteiger partial charge in [0, 0.05) is 30.1 Å². The van der Waals surface area contributed by atoms with Crippen molar-refractivity contribution in [2.75, 3.05) is 18.1 Å². The smallest absolute Gasteiger partial charge is 0.264 e. The van der Waals surface area contributed by atoms with Crippen molar-refractivity contribution in [1.29, 1.82) is 0 Å². The first-order valence-corrected chi connectivity index (χ1v) is 15.9. The number of rotatable bonds is 6. The van der Waals surface area contributed by atoms with Crippen LogP contribution in [0.3, 0.4) is 0 Å². The molecular weight excluding hydrogens is 487 g/mol. The van der Waals surface area contributed by atoms with Gasteiger partial charge in [0.2, 0.25) is 14.3 Å². The minimum Gasteiger partial charge on any atom is -0.394 e. The first-order valence-electron chi connectivity index (χ1n) is 13.0. The summed E-state index contributed by atoms with van der Waals surface area (Å²) in [5.41, 5.74) is 1.76. The standard InChI is InChI=1S/C29H35FN2O4Si/c1-5-14-31-24-13-9-8-12-23(24)29(28(31)35)19(2)27(37(3,4)30)25(36-29)16-26(34)32-17-21-11-7-6-10-20(21)15-22(32)18-33/h5-13,19,22,25,27,33H,1,14-18H2,2-4H3/t19-,22+,25+,27-,29+/m1/s1. The molecule has 37 heavy (non-hydrogen) atoms. The van der Waals surface area contributed by atoms with E-state index in [-0.39, 0.29) is 30.9 Å². The van der Waals surface area contributed by atoms with E-state index in [1.165, 1.54) is 0 Å². The normalized spacial score (nSPS) is 28.9. The van der Waals surface area contributed by atoms with Crippen molar-refractivity contribution in [1.82, 2.24) is 4.90 Å². The number of para-hydroxylation sites is 1. The maximum Gasteiger partial charge on any atom is 0.264 e. The molecule has 3 heterocycles. The molecule has 2 aromatic rings. The summed E-state index contributed by atoms with van der Waals surface area (Å²) >= 11 is 0. The molecule has 196 valence electrons. The van der Waals surface area contributed by atoms with E-state index in [0.717, 1.165) is 22.4 Å². The van der Waals surface area contributed by atoms with Crippen molar-refractivity contribution in [2.45, 2.75) is 62.7 Å². The van der Waals surface area contributed by atoms with Gasteiger partial charge in [-0.15, -0.1) is 6.58 Å². The summed E-state index contributed by atoms with van der Waals surface area (Å²) in [6, 6.07) is 15.1. The van der Waals surface area contributed by atoms with Crippen LogP contribution in [0.2, 0.25) is 18.6 Å². The van der Waals surface area contributed by atoms with Gasteiger partial charge in [-0.2, -0.15) is 0 Å². The van der Waals surface area contributed by atoms with Gasteiger partial charge in [-0.1, -0.05) is 55.5 Å². The minimum absolute atomic E-state index is 0.0350. The van der Waals surface area contributed by atoms with E-state index in [9.17, 15) is 14.7 Å². The number of carbonyl (C=O) groups excluding carboxylic acids is 2. The number of halogens is 1. The number of hydrogen-bond donors (Lipinski definition) is 1. The molecule has 5 atom stereocenters. The number of aliphatic hydroxyl groups excluding tert-OH is 1. The highest BCUT2D eigenvalue weighted by molar-refractivity contribution is 6.72. The van der Waals surface area contributed by atoms with E-state index in [1.807, 2.05) is 55.5 Å². The van der Waals surface area contributed by atoms with Gasteiger partial charge >= 0.3 is 0 Å². The van der Waals surface area contributed by atoms with E-state index in [0.29, 0.717) is 19.5 Å². The Labute approximate surface area is 218 Å². The number of aliphatic hydroxyl groups is 1.